The number of nitrogens with zero attached hydrogens (tertiary/aromatic N) is 3. The van der Waals surface area contributed by atoms with E-state index in [2.05, 4.69) is 21.6 Å². The van der Waals surface area contributed by atoms with E-state index in [9.17, 15) is 0 Å². The van der Waals surface area contributed by atoms with E-state index in [1.165, 1.54) is 11.3 Å². The van der Waals surface area contributed by atoms with E-state index < -0.39 is 0 Å². The zero-order valence-corrected chi connectivity index (χ0v) is 10.4. The molecule has 86 valence electrons. The van der Waals surface area contributed by atoms with Gasteiger partial charge in [0.2, 0.25) is 0 Å². The first kappa shape index (κ1) is 11.8. The summed E-state index contributed by atoms with van der Waals surface area (Å²) < 4.78 is 0.734. The van der Waals surface area contributed by atoms with E-state index in [0.29, 0.717) is 18.8 Å². The minimum absolute atomic E-state index is 0.448. The molecule has 2 heterocycles. The van der Waals surface area contributed by atoms with Gasteiger partial charge in [-0.1, -0.05) is 11.6 Å². The van der Waals surface area contributed by atoms with E-state index in [4.69, 9.17) is 16.9 Å². The van der Waals surface area contributed by atoms with Crippen LogP contribution in [0.15, 0.2) is 24.3 Å². The minimum Gasteiger partial charge on any atom is -0.368 e. The van der Waals surface area contributed by atoms with E-state index in [-0.39, 0.29) is 0 Å². The molecule has 0 saturated carbocycles. The Bertz CT molecular complexity index is 529. The lowest BCUT2D eigenvalue weighted by molar-refractivity contribution is 0.994. The van der Waals surface area contributed by atoms with Crippen molar-refractivity contribution in [1.82, 2.24) is 10.2 Å². The van der Waals surface area contributed by atoms with Crippen LogP contribution in [-0.4, -0.2) is 16.7 Å². The number of rotatable bonds is 4. The van der Waals surface area contributed by atoms with Crippen molar-refractivity contribution in [3.8, 4) is 16.6 Å². The third kappa shape index (κ3) is 3.16. The molecule has 1 N–H and O–H groups in total. The summed E-state index contributed by atoms with van der Waals surface area (Å²) in [5.74, 6) is 0.673. The molecule has 6 heteroatoms. The highest BCUT2D eigenvalue weighted by molar-refractivity contribution is 7.19. The molecule has 0 fully saturated rings. The van der Waals surface area contributed by atoms with Crippen molar-refractivity contribution in [2.45, 2.75) is 6.42 Å². The van der Waals surface area contributed by atoms with Gasteiger partial charge in [0.15, 0.2) is 0 Å². The average molecular weight is 265 g/mol. The minimum atomic E-state index is 0.448. The van der Waals surface area contributed by atoms with Crippen molar-refractivity contribution < 1.29 is 0 Å². The van der Waals surface area contributed by atoms with Crippen LogP contribution in [0.2, 0.25) is 4.34 Å². The van der Waals surface area contributed by atoms with Crippen molar-refractivity contribution in [3.05, 3.63) is 28.6 Å². The lowest BCUT2D eigenvalue weighted by atomic mass is 10.3. The molecule has 0 spiro atoms. The molecule has 0 aromatic carbocycles. The van der Waals surface area contributed by atoms with Crippen LogP contribution in [0.25, 0.3) is 10.6 Å². The van der Waals surface area contributed by atoms with Gasteiger partial charge in [0, 0.05) is 6.54 Å². The van der Waals surface area contributed by atoms with Gasteiger partial charge >= 0.3 is 0 Å². The number of thiophene rings is 1. The lowest BCUT2D eigenvalue weighted by Crippen LogP contribution is -2.03. The molecular weight excluding hydrogens is 256 g/mol. The van der Waals surface area contributed by atoms with Crippen molar-refractivity contribution in [3.63, 3.8) is 0 Å². The molecular formula is C11H9ClN4S. The lowest BCUT2D eigenvalue weighted by Gasteiger charge is -2.02. The maximum absolute atomic E-state index is 8.40. The normalized spacial score (nSPS) is 9.88. The van der Waals surface area contributed by atoms with Crippen LogP contribution in [-0.2, 0) is 0 Å². The molecule has 0 amide bonds. The van der Waals surface area contributed by atoms with E-state index in [1.54, 1.807) is 0 Å². The summed E-state index contributed by atoms with van der Waals surface area (Å²) in [5.41, 5.74) is 0.799. The van der Waals surface area contributed by atoms with Gasteiger partial charge in [0.1, 0.15) is 11.5 Å². The van der Waals surface area contributed by atoms with Crippen LogP contribution in [0.3, 0.4) is 0 Å². The van der Waals surface area contributed by atoms with E-state index in [1.807, 2.05) is 24.3 Å². The SMILES string of the molecule is N#CCCNc1ccc(-c2ccc(Cl)s2)nn1. The van der Waals surface area contributed by atoms with Crippen LogP contribution in [0, 0.1) is 11.3 Å². The Balaban J connectivity index is 2.05. The molecule has 0 aliphatic carbocycles. The van der Waals surface area contributed by atoms with Gasteiger partial charge in [-0.2, -0.15) is 5.26 Å². The number of hydrogen-bond acceptors (Lipinski definition) is 5. The molecule has 0 radical (unpaired) electrons. The molecule has 0 unspecified atom stereocenters. The first-order chi connectivity index (χ1) is 8.29. The number of anilines is 1. The Kier molecular flexibility index (Phi) is 3.91. The fourth-order valence-corrected chi connectivity index (χ4v) is 2.26. The maximum Gasteiger partial charge on any atom is 0.148 e. The smallest absolute Gasteiger partial charge is 0.148 e. The number of nitrogens with one attached hydrogen (secondary N) is 1. The van der Waals surface area contributed by atoms with E-state index >= 15 is 0 Å². The Labute approximate surface area is 108 Å². The summed E-state index contributed by atoms with van der Waals surface area (Å²) in [6.07, 6.45) is 0.448. The number of nitriles is 1. The third-order valence-corrected chi connectivity index (χ3v) is 3.29. The topological polar surface area (TPSA) is 61.6 Å². The van der Waals surface area contributed by atoms with Crippen LogP contribution in [0.1, 0.15) is 6.42 Å². The van der Waals surface area contributed by atoms with Crippen molar-refractivity contribution in [2.24, 2.45) is 0 Å². The Morgan fingerprint density at radius 2 is 2.18 bits per heavy atom. The molecule has 0 saturated heterocycles. The molecule has 0 aliphatic heterocycles. The number of hydrogen-bond donors (Lipinski definition) is 1. The summed E-state index contributed by atoms with van der Waals surface area (Å²) in [6, 6.07) is 9.53. The summed E-state index contributed by atoms with van der Waals surface area (Å²) in [6.45, 7) is 0.579. The van der Waals surface area contributed by atoms with Gasteiger partial charge in [-0.15, -0.1) is 21.5 Å². The largest absolute Gasteiger partial charge is 0.368 e. The summed E-state index contributed by atoms with van der Waals surface area (Å²) >= 11 is 7.32. The van der Waals surface area contributed by atoms with Crippen LogP contribution >= 0.6 is 22.9 Å². The number of aromatic nitrogens is 2. The first-order valence-electron chi connectivity index (χ1n) is 5.00. The highest BCUT2D eigenvalue weighted by Crippen LogP contribution is 2.29. The molecule has 2 aromatic heterocycles. The van der Waals surface area contributed by atoms with Gasteiger partial charge in [-0.05, 0) is 24.3 Å². The van der Waals surface area contributed by atoms with Crippen molar-refractivity contribution >= 4 is 28.8 Å². The van der Waals surface area contributed by atoms with Gasteiger partial charge in [0.05, 0.1) is 21.7 Å². The summed E-state index contributed by atoms with van der Waals surface area (Å²) in [4.78, 5) is 0.992. The standard InChI is InChI=1S/C11H9ClN4S/c12-10-4-3-9(17-10)8-2-5-11(16-15-8)14-7-1-6-13/h2-5H,1,7H2,(H,14,16). The second-order valence-electron chi connectivity index (χ2n) is 3.24. The van der Waals surface area contributed by atoms with Crippen LogP contribution in [0.4, 0.5) is 5.82 Å². The molecule has 17 heavy (non-hydrogen) atoms. The Morgan fingerprint density at radius 1 is 1.29 bits per heavy atom. The molecule has 4 nitrogen and oxygen atoms in total. The monoisotopic (exact) mass is 264 g/mol. The molecule has 0 aliphatic rings. The highest BCUT2D eigenvalue weighted by atomic mass is 35.5. The predicted octanol–water partition coefficient (Wildman–Crippen LogP) is 3.18. The van der Waals surface area contributed by atoms with Gasteiger partial charge in [-0.3, -0.25) is 0 Å². The van der Waals surface area contributed by atoms with Crippen molar-refractivity contribution in [1.29, 1.82) is 5.26 Å². The fraction of sp³-hybridized carbons (Fsp3) is 0.182. The second-order valence-corrected chi connectivity index (χ2v) is 4.96. The zero-order chi connectivity index (χ0) is 12.1. The second kappa shape index (κ2) is 5.62. The zero-order valence-electron chi connectivity index (χ0n) is 8.85. The average Bonchev–Trinajstić information content (AvgIpc) is 2.77. The summed E-state index contributed by atoms with van der Waals surface area (Å²) in [5, 5.41) is 19.5. The van der Waals surface area contributed by atoms with Crippen LogP contribution in [0.5, 0.6) is 0 Å². The number of halogens is 1. The molecule has 2 rings (SSSR count). The summed E-state index contributed by atoms with van der Waals surface area (Å²) in [7, 11) is 0. The molecule has 0 bridgehead atoms. The molecule has 2 aromatic rings. The van der Waals surface area contributed by atoms with Crippen molar-refractivity contribution in [2.75, 3.05) is 11.9 Å². The first-order valence-corrected chi connectivity index (χ1v) is 6.19. The highest BCUT2D eigenvalue weighted by Gasteiger charge is 2.03. The van der Waals surface area contributed by atoms with Gasteiger partial charge < -0.3 is 5.32 Å². The maximum atomic E-state index is 8.40. The quantitative estimate of drug-likeness (QED) is 0.862. The van der Waals surface area contributed by atoms with Gasteiger partial charge in [-0.25, -0.2) is 0 Å². The van der Waals surface area contributed by atoms with Gasteiger partial charge in [0.25, 0.3) is 0 Å². The predicted molar refractivity (Wildman–Crippen MR) is 69.1 cm³/mol. The molecule has 0 atom stereocenters. The van der Waals surface area contributed by atoms with Crippen LogP contribution < -0.4 is 5.32 Å². The Morgan fingerprint density at radius 3 is 2.76 bits per heavy atom. The fourth-order valence-electron chi connectivity index (χ4n) is 1.26. The Hall–Kier alpha value is -1.64. The van der Waals surface area contributed by atoms with E-state index in [0.717, 1.165) is 14.9 Å². The third-order valence-electron chi connectivity index (χ3n) is 2.03.